The molecule has 0 aromatic heterocycles. The Bertz CT molecular complexity index is 338. The van der Waals surface area contributed by atoms with Gasteiger partial charge in [-0.1, -0.05) is 12.8 Å². The standard InChI is InChI=1S/C13H21NO4/c1-13(12(16)17)7-3-2-6-10(13)14-11(15)9-5-4-8-18-9/h9-10H,2-8H2,1H3,(H,14,15)(H,16,17). The third-order valence-corrected chi connectivity index (χ3v) is 4.24. The quantitative estimate of drug-likeness (QED) is 0.797. The van der Waals surface area contributed by atoms with Crippen LogP contribution in [0, 0.1) is 5.41 Å². The van der Waals surface area contributed by atoms with E-state index in [1.807, 2.05) is 0 Å². The monoisotopic (exact) mass is 255 g/mol. The Labute approximate surface area is 107 Å². The van der Waals surface area contributed by atoms with Gasteiger partial charge in [0.05, 0.1) is 5.41 Å². The number of aliphatic carboxylic acids is 1. The maximum Gasteiger partial charge on any atom is 0.311 e. The molecule has 1 aliphatic heterocycles. The maximum absolute atomic E-state index is 12.0. The zero-order valence-corrected chi connectivity index (χ0v) is 10.8. The summed E-state index contributed by atoms with van der Waals surface area (Å²) < 4.78 is 5.33. The smallest absolute Gasteiger partial charge is 0.311 e. The van der Waals surface area contributed by atoms with Crippen molar-refractivity contribution in [3.05, 3.63) is 0 Å². The fourth-order valence-electron chi connectivity index (χ4n) is 2.87. The van der Waals surface area contributed by atoms with E-state index in [1.165, 1.54) is 0 Å². The van der Waals surface area contributed by atoms with Crippen LogP contribution in [0.3, 0.4) is 0 Å². The summed E-state index contributed by atoms with van der Waals surface area (Å²) in [5, 5.41) is 12.3. The summed E-state index contributed by atoms with van der Waals surface area (Å²) in [5.41, 5.74) is -0.841. The van der Waals surface area contributed by atoms with Gasteiger partial charge in [0.1, 0.15) is 6.10 Å². The number of rotatable bonds is 3. The summed E-state index contributed by atoms with van der Waals surface area (Å²) >= 11 is 0. The van der Waals surface area contributed by atoms with E-state index in [-0.39, 0.29) is 18.1 Å². The first-order chi connectivity index (χ1) is 8.54. The van der Waals surface area contributed by atoms with Gasteiger partial charge in [-0.05, 0) is 32.6 Å². The molecule has 0 spiro atoms. The molecule has 3 atom stereocenters. The van der Waals surface area contributed by atoms with Gasteiger partial charge >= 0.3 is 5.97 Å². The molecule has 2 aliphatic rings. The zero-order chi connectivity index (χ0) is 13.2. The number of carboxylic acid groups (broad SMARTS) is 1. The molecule has 1 amide bonds. The Morgan fingerprint density at radius 2 is 2.06 bits per heavy atom. The fraction of sp³-hybridized carbons (Fsp3) is 0.846. The highest BCUT2D eigenvalue weighted by Gasteiger charge is 2.44. The van der Waals surface area contributed by atoms with E-state index < -0.39 is 11.4 Å². The Kier molecular flexibility index (Phi) is 3.90. The molecule has 5 heteroatoms. The van der Waals surface area contributed by atoms with E-state index in [0.29, 0.717) is 13.0 Å². The zero-order valence-electron chi connectivity index (χ0n) is 10.8. The van der Waals surface area contributed by atoms with Crippen LogP contribution in [0.2, 0.25) is 0 Å². The van der Waals surface area contributed by atoms with Crippen LogP contribution in [-0.2, 0) is 14.3 Å². The van der Waals surface area contributed by atoms with Crippen molar-refractivity contribution >= 4 is 11.9 Å². The summed E-state index contributed by atoms with van der Waals surface area (Å²) in [6.07, 6.45) is 4.50. The largest absolute Gasteiger partial charge is 0.481 e. The molecule has 1 saturated heterocycles. The second-order valence-electron chi connectivity index (χ2n) is 5.53. The highest BCUT2D eigenvalue weighted by atomic mass is 16.5. The second kappa shape index (κ2) is 5.26. The average Bonchev–Trinajstić information content (AvgIpc) is 2.85. The number of carbonyl (C=O) groups excluding carboxylic acids is 1. The fourth-order valence-corrected chi connectivity index (χ4v) is 2.87. The number of ether oxygens (including phenoxy) is 1. The molecule has 1 heterocycles. The third kappa shape index (κ3) is 2.51. The predicted molar refractivity (Wildman–Crippen MR) is 65.1 cm³/mol. The van der Waals surface area contributed by atoms with Crippen molar-refractivity contribution in [1.29, 1.82) is 0 Å². The molecule has 2 rings (SSSR count). The van der Waals surface area contributed by atoms with Gasteiger partial charge in [-0.15, -0.1) is 0 Å². The second-order valence-corrected chi connectivity index (χ2v) is 5.53. The molecule has 1 saturated carbocycles. The van der Waals surface area contributed by atoms with Crippen LogP contribution in [0.25, 0.3) is 0 Å². The molecular weight excluding hydrogens is 234 g/mol. The van der Waals surface area contributed by atoms with Gasteiger partial charge in [-0.3, -0.25) is 9.59 Å². The molecule has 1 aliphatic carbocycles. The minimum absolute atomic E-state index is 0.146. The summed E-state index contributed by atoms with van der Waals surface area (Å²) in [5.74, 6) is -0.966. The van der Waals surface area contributed by atoms with Gasteiger partial charge in [0.25, 0.3) is 0 Å². The number of carbonyl (C=O) groups is 2. The molecule has 0 aromatic carbocycles. The Hall–Kier alpha value is -1.10. The highest BCUT2D eigenvalue weighted by molar-refractivity contribution is 5.83. The highest BCUT2D eigenvalue weighted by Crippen LogP contribution is 2.36. The SMILES string of the molecule is CC1(C(=O)O)CCCCC1NC(=O)C1CCCO1. The van der Waals surface area contributed by atoms with E-state index >= 15 is 0 Å². The topological polar surface area (TPSA) is 75.6 Å². The molecule has 0 radical (unpaired) electrons. The van der Waals surface area contributed by atoms with Crippen molar-refractivity contribution < 1.29 is 19.4 Å². The molecule has 102 valence electrons. The first-order valence-corrected chi connectivity index (χ1v) is 6.69. The van der Waals surface area contributed by atoms with Gasteiger partial charge in [0.15, 0.2) is 0 Å². The minimum atomic E-state index is -0.841. The van der Waals surface area contributed by atoms with E-state index in [4.69, 9.17) is 4.74 Å². The van der Waals surface area contributed by atoms with E-state index in [9.17, 15) is 14.7 Å². The van der Waals surface area contributed by atoms with Gasteiger partial charge in [-0.2, -0.15) is 0 Å². The van der Waals surface area contributed by atoms with Crippen LogP contribution in [0.1, 0.15) is 45.4 Å². The van der Waals surface area contributed by atoms with Crippen molar-refractivity contribution in [2.45, 2.75) is 57.6 Å². The maximum atomic E-state index is 12.0. The molecule has 0 bridgehead atoms. The molecule has 18 heavy (non-hydrogen) atoms. The van der Waals surface area contributed by atoms with Crippen LogP contribution < -0.4 is 5.32 Å². The van der Waals surface area contributed by atoms with Crippen LogP contribution in [0.5, 0.6) is 0 Å². The predicted octanol–water partition coefficient (Wildman–Crippen LogP) is 1.32. The Morgan fingerprint density at radius 3 is 2.67 bits per heavy atom. The molecule has 3 unspecified atom stereocenters. The van der Waals surface area contributed by atoms with Crippen molar-refractivity contribution in [2.24, 2.45) is 5.41 Å². The van der Waals surface area contributed by atoms with Gasteiger partial charge in [-0.25, -0.2) is 0 Å². The number of carboxylic acids is 1. The molecule has 2 fully saturated rings. The van der Waals surface area contributed by atoms with Crippen LogP contribution in [0.15, 0.2) is 0 Å². The van der Waals surface area contributed by atoms with Gasteiger partial charge in [0.2, 0.25) is 5.91 Å². The summed E-state index contributed by atoms with van der Waals surface area (Å²) in [7, 11) is 0. The number of hydrogen-bond donors (Lipinski definition) is 2. The number of hydrogen-bond acceptors (Lipinski definition) is 3. The van der Waals surface area contributed by atoms with Crippen molar-refractivity contribution in [1.82, 2.24) is 5.32 Å². The lowest BCUT2D eigenvalue weighted by atomic mass is 9.71. The molecular formula is C13H21NO4. The van der Waals surface area contributed by atoms with Crippen molar-refractivity contribution in [2.75, 3.05) is 6.61 Å². The number of amides is 1. The normalized spacial score (nSPS) is 36.3. The lowest BCUT2D eigenvalue weighted by Crippen LogP contribution is -2.54. The molecule has 2 N–H and O–H groups in total. The van der Waals surface area contributed by atoms with E-state index in [2.05, 4.69) is 5.32 Å². The van der Waals surface area contributed by atoms with Crippen LogP contribution in [-0.4, -0.2) is 35.7 Å². The van der Waals surface area contributed by atoms with Crippen LogP contribution in [0.4, 0.5) is 0 Å². The lowest BCUT2D eigenvalue weighted by Gasteiger charge is -2.38. The van der Waals surface area contributed by atoms with E-state index in [0.717, 1.165) is 32.1 Å². The summed E-state index contributed by atoms with van der Waals surface area (Å²) in [6, 6.07) is -0.277. The summed E-state index contributed by atoms with van der Waals surface area (Å²) in [6.45, 7) is 2.36. The first-order valence-electron chi connectivity index (χ1n) is 6.69. The van der Waals surface area contributed by atoms with E-state index in [1.54, 1.807) is 6.92 Å². The van der Waals surface area contributed by atoms with Crippen LogP contribution >= 0.6 is 0 Å². The third-order valence-electron chi connectivity index (χ3n) is 4.24. The van der Waals surface area contributed by atoms with Gasteiger partial charge in [0, 0.05) is 12.6 Å². The summed E-state index contributed by atoms with van der Waals surface area (Å²) in [4.78, 5) is 23.4. The van der Waals surface area contributed by atoms with Crippen molar-refractivity contribution in [3.8, 4) is 0 Å². The lowest BCUT2D eigenvalue weighted by molar-refractivity contribution is -0.152. The Balaban J connectivity index is 2.01. The molecule has 5 nitrogen and oxygen atoms in total. The molecule has 0 aromatic rings. The average molecular weight is 255 g/mol. The minimum Gasteiger partial charge on any atom is -0.481 e. The number of nitrogens with one attached hydrogen (secondary N) is 1. The van der Waals surface area contributed by atoms with Crippen molar-refractivity contribution in [3.63, 3.8) is 0 Å². The Morgan fingerprint density at radius 1 is 1.28 bits per heavy atom. The first kappa shape index (κ1) is 13.3. The van der Waals surface area contributed by atoms with Gasteiger partial charge < -0.3 is 15.2 Å².